The molecule has 1 saturated heterocycles. The molecule has 0 saturated carbocycles. The Hall–Kier alpha value is -2.83. The van der Waals surface area contributed by atoms with Crippen molar-refractivity contribution in [2.75, 3.05) is 26.2 Å². The summed E-state index contributed by atoms with van der Waals surface area (Å²) in [6, 6.07) is 14.4. The number of piperazine rings is 1. The lowest BCUT2D eigenvalue weighted by Crippen LogP contribution is -2.48. The van der Waals surface area contributed by atoms with E-state index in [2.05, 4.69) is 30.9 Å². The molecule has 0 unspecified atom stereocenters. The van der Waals surface area contributed by atoms with Crippen LogP contribution >= 0.6 is 11.6 Å². The summed E-state index contributed by atoms with van der Waals surface area (Å²) in [7, 11) is 0. The first-order valence-electron chi connectivity index (χ1n) is 11.6. The molecule has 1 aromatic heterocycles. The van der Waals surface area contributed by atoms with Gasteiger partial charge in [0.1, 0.15) is 23.9 Å². The summed E-state index contributed by atoms with van der Waals surface area (Å²) in [5, 5.41) is 0.426. The Morgan fingerprint density at radius 3 is 2.59 bits per heavy atom. The van der Waals surface area contributed by atoms with E-state index in [1.807, 2.05) is 13.0 Å². The fourth-order valence-corrected chi connectivity index (χ4v) is 4.36. The number of nitrogens with zero attached hydrogens (tertiary/aromatic N) is 2. The Kier molecular flexibility index (Phi) is 7.59. The van der Waals surface area contributed by atoms with Gasteiger partial charge in [0, 0.05) is 43.3 Å². The van der Waals surface area contributed by atoms with Crippen molar-refractivity contribution in [1.82, 2.24) is 9.80 Å². The average molecular weight is 485 g/mol. The Bertz CT molecular complexity index is 1130. The van der Waals surface area contributed by atoms with Gasteiger partial charge in [0.2, 0.25) is 0 Å². The van der Waals surface area contributed by atoms with Gasteiger partial charge in [-0.1, -0.05) is 43.6 Å². The second kappa shape index (κ2) is 10.6. The molecule has 180 valence electrons. The zero-order valence-corrected chi connectivity index (χ0v) is 20.6. The summed E-state index contributed by atoms with van der Waals surface area (Å²) in [6.07, 6.45) is 0. The first-order chi connectivity index (χ1) is 16.3. The minimum Gasteiger partial charge on any atom is -0.485 e. The van der Waals surface area contributed by atoms with Crippen LogP contribution in [-0.2, 0) is 13.2 Å². The van der Waals surface area contributed by atoms with Gasteiger partial charge in [0.15, 0.2) is 5.76 Å². The van der Waals surface area contributed by atoms with Crippen LogP contribution in [0.3, 0.4) is 0 Å². The SMILES string of the molecule is Cc1ccc(C(C)C)c(OCc2ccc(C(=O)N3CCN(Cc4c(F)cccc4Cl)CC3)o2)c1. The van der Waals surface area contributed by atoms with Gasteiger partial charge < -0.3 is 14.1 Å². The Balaban J connectivity index is 1.32. The van der Waals surface area contributed by atoms with Crippen LogP contribution in [0.1, 0.15) is 52.8 Å². The molecule has 2 aromatic carbocycles. The van der Waals surface area contributed by atoms with Crippen molar-refractivity contribution in [2.45, 2.75) is 39.8 Å². The Morgan fingerprint density at radius 2 is 1.88 bits per heavy atom. The van der Waals surface area contributed by atoms with Crippen molar-refractivity contribution in [3.8, 4) is 5.75 Å². The van der Waals surface area contributed by atoms with Crippen LogP contribution < -0.4 is 4.74 Å². The van der Waals surface area contributed by atoms with Gasteiger partial charge in [0.25, 0.3) is 5.91 Å². The summed E-state index contributed by atoms with van der Waals surface area (Å²) in [4.78, 5) is 16.8. The predicted octanol–water partition coefficient (Wildman–Crippen LogP) is 6.04. The Labute approximate surface area is 205 Å². The van der Waals surface area contributed by atoms with E-state index in [1.165, 1.54) is 6.07 Å². The number of furan rings is 1. The number of rotatable bonds is 7. The fraction of sp³-hybridized carbons (Fsp3) is 0.370. The van der Waals surface area contributed by atoms with Crippen LogP contribution in [-0.4, -0.2) is 41.9 Å². The molecular weight excluding hydrogens is 455 g/mol. The molecule has 0 atom stereocenters. The van der Waals surface area contributed by atoms with E-state index >= 15 is 0 Å². The number of ether oxygens (including phenoxy) is 1. The fourth-order valence-electron chi connectivity index (χ4n) is 4.13. The van der Waals surface area contributed by atoms with Crippen molar-refractivity contribution < 1.29 is 18.3 Å². The highest BCUT2D eigenvalue weighted by atomic mass is 35.5. The molecule has 0 aliphatic carbocycles. The van der Waals surface area contributed by atoms with Crippen LogP contribution in [0.15, 0.2) is 52.9 Å². The molecule has 1 aliphatic rings. The van der Waals surface area contributed by atoms with Gasteiger partial charge >= 0.3 is 0 Å². The monoisotopic (exact) mass is 484 g/mol. The third kappa shape index (κ3) is 5.62. The van der Waals surface area contributed by atoms with Gasteiger partial charge in [-0.3, -0.25) is 9.69 Å². The minimum absolute atomic E-state index is 0.145. The van der Waals surface area contributed by atoms with Crippen LogP contribution in [0.4, 0.5) is 4.39 Å². The highest BCUT2D eigenvalue weighted by molar-refractivity contribution is 6.31. The largest absolute Gasteiger partial charge is 0.485 e. The normalized spacial score (nSPS) is 14.6. The van der Waals surface area contributed by atoms with Gasteiger partial charge in [0.05, 0.1) is 0 Å². The molecule has 4 rings (SSSR count). The number of hydrogen-bond donors (Lipinski definition) is 0. The molecule has 34 heavy (non-hydrogen) atoms. The molecule has 3 aromatic rings. The molecule has 1 amide bonds. The molecule has 0 bridgehead atoms. The number of carbonyl (C=O) groups excluding carboxylic acids is 1. The van der Waals surface area contributed by atoms with Gasteiger partial charge in [-0.2, -0.15) is 0 Å². The summed E-state index contributed by atoms with van der Waals surface area (Å²) < 4.78 is 25.9. The molecule has 0 radical (unpaired) electrons. The maximum Gasteiger partial charge on any atom is 0.289 e. The Morgan fingerprint density at radius 1 is 1.12 bits per heavy atom. The smallest absolute Gasteiger partial charge is 0.289 e. The third-order valence-electron chi connectivity index (χ3n) is 6.14. The van der Waals surface area contributed by atoms with E-state index in [0.29, 0.717) is 60.7 Å². The summed E-state index contributed by atoms with van der Waals surface area (Å²) in [5.74, 6) is 1.64. The van der Waals surface area contributed by atoms with Crippen molar-refractivity contribution in [2.24, 2.45) is 0 Å². The molecule has 0 spiro atoms. The quantitative estimate of drug-likeness (QED) is 0.410. The first kappa shape index (κ1) is 24.3. The van der Waals surface area contributed by atoms with Crippen LogP contribution in [0.25, 0.3) is 0 Å². The van der Waals surface area contributed by atoms with E-state index in [1.54, 1.807) is 29.2 Å². The zero-order chi connectivity index (χ0) is 24.2. The standard InChI is InChI=1S/C27H30ClFN2O3/c1-18(2)21-9-7-19(3)15-26(21)33-17-20-8-10-25(34-20)27(32)31-13-11-30(12-14-31)16-22-23(28)5-4-6-24(22)29/h4-10,15,18H,11-14,16-17H2,1-3H3. The number of benzene rings is 2. The van der Waals surface area contributed by atoms with Crippen molar-refractivity contribution >= 4 is 17.5 Å². The summed E-state index contributed by atoms with van der Waals surface area (Å²) in [6.45, 7) is 9.33. The maximum atomic E-state index is 14.1. The van der Waals surface area contributed by atoms with Gasteiger partial charge in [-0.05, 0) is 54.3 Å². The number of amides is 1. The summed E-state index contributed by atoms with van der Waals surface area (Å²) in [5.41, 5.74) is 2.77. The summed E-state index contributed by atoms with van der Waals surface area (Å²) >= 11 is 6.15. The number of aryl methyl sites for hydroxylation is 1. The van der Waals surface area contributed by atoms with Crippen LogP contribution in [0.2, 0.25) is 5.02 Å². The first-order valence-corrected chi connectivity index (χ1v) is 12.0. The second-order valence-corrected chi connectivity index (χ2v) is 9.43. The molecule has 7 heteroatoms. The van der Waals surface area contributed by atoms with Gasteiger partial charge in [-0.15, -0.1) is 0 Å². The van der Waals surface area contributed by atoms with E-state index in [4.69, 9.17) is 20.8 Å². The lowest BCUT2D eigenvalue weighted by Gasteiger charge is -2.34. The van der Waals surface area contributed by atoms with Crippen molar-refractivity contribution in [3.63, 3.8) is 0 Å². The van der Waals surface area contributed by atoms with Crippen molar-refractivity contribution in [1.29, 1.82) is 0 Å². The lowest BCUT2D eigenvalue weighted by atomic mass is 10.0. The van der Waals surface area contributed by atoms with E-state index < -0.39 is 0 Å². The van der Waals surface area contributed by atoms with Crippen LogP contribution in [0, 0.1) is 12.7 Å². The third-order valence-corrected chi connectivity index (χ3v) is 6.49. The molecule has 1 aliphatic heterocycles. The lowest BCUT2D eigenvalue weighted by molar-refractivity contribution is 0.0592. The second-order valence-electron chi connectivity index (χ2n) is 9.02. The minimum atomic E-state index is -0.303. The van der Waals surface area contributed by atoms with E-state index in [-0.39, 0.29) is 18.3 Å². The molecule has 5 nitrogen and oxygen atoms in total. The molecule has 2 heterocycles. The number of halogens is 2. The van der Waals surface area contributed by atoms with Crippen molar-refractivity contribution in [3.05, 3.63) is 87.6 Å². The molecule has 0 N–H and O–H groups in total. The topological polar surface area (TPSA) is 45.9 Å². The zero-order valence-electron chi connectivity index (χ0n) is 19.8. The van der Waals surface area contributed by atoms with Gasteiger partial charge in [-0.25, -0.2) is 4.39 Å². The average Bonchev–Trinajstić information content (AvgIpc) is 3.29. The maximum absolute atomic E-state index is 14.1. The molecule has 1 fully saturated rings. The molecular formula is C27H30ClFN2O3. The number of carbonyl (C=O) groups is 1. The van der Waals surface area contributed by atoms with E-state index in [0.717, 1.165) is 16.9 Å². The highest BCUT2D eigenvalue weighted by Gasteiger charge is 2.25. The predicted molar refractivity (Wildman–Crippen MR) is 131 cm³/mol. The highest BCUT2D eigenvalue weighted by Crippen LogP contribution is 2.28. The van der Waals surface area contributed by atoms with Crippen LogP contribution in [0.5, 0.6) is 5.75 Å². The number of hydrogen-bond acceptors (Lipinski definition) is 4. The van der Waals surface area contributed by atoms with E-state index in [9.17, 15) is 9.18 Å².